The molecule has 0 aliphatic carbocycles. The number of rotatable bonds is 4. The minimum absolute atomic E-state index is 0.296. The van der Waals surface area contributed by atoms with Crippen molar-refractivity contribution in [2.45, 2.75) is 0 Å². The van der Waals surface area contributed by atoms with Gasteiger partial charge >= 0.3 is 5.97 Å². The van der Waals surface area contributed by atoms with Crippen LogP contribution in [0.25, 0.3) is 0 Å². The number of nitrogens with zero attached hydrogens (tertiary/aromatic N) is 2. The van der Waals surface area contributed by atoms with E-state index in [2.05, 4.69) is 0 Å². The first kappa shape index (κ1) is 18.0. The maximum Gasteiger partial charge on any atom is 0.343 e. The van der Waals surface area contributed by atoms with Gasteiger partial charge in [-0.05, 0) is 54.6 Å². The predicted octanol–water partition coefficient (Wildman–Crippen LogP) is 5.09. The first-order valence-corrected chi connectivity index (χ1v) is 8.16. The first-order chi connectivity index (χ1) is 13.1. The molecular formula is C21H11ClN2O3. The second-order valence-electron chi connectivity index (χ2n) is 5.44. The predicted molar refractivity (Wildman–Crippen MR) is 98.8 cm³/mol. The maximum absolute atomic E-state index is 12.2. The van der Waals surface area contributed by atoms with Crippen LogP contribution in [0.1, 0.15) is 21.5 Å². The Morgan fingerprint density at radius 1 is 0.815 bits per heavy atom. The first-order valence-electron chi connectivity index (χ1n) is 7.78. The highest BCUT2D eigenvalue weighted by molar-refractivity contribution is 6.30. The van der Waals surface area contributed by atoms with Crippen LogP contribution in [0.2, 0.25) is 5.02 Å². The Morgan fingerprint density at radius 2 is 1.44 bits per heavy atom. The molecule has 0 saturated carbocycles. The van der Waals surface area contributed by atoms with E-state index in [4.69, 9.17) is 31.6 Å². The summed E-state index contributed by atoms with van der Waals surface area (Å²) in [5.74, 6) is 0.508. The van der Waals surface area contributed by atoms with Gasteiger partial charge in [0, 0.05) is 11.1 Å². The third-order valence-electron chi connectivity index (χ3n) is 3.50. The molecule has 0 bridgehead atoms. The van der Waals surface area contributed by atoms with Crippen molar-refractivity contribution in [3.05, 3.63) is 88.4 Å². The molecule has 0 aliphatic heterocycles. The largest absolute Gasteiger partial charge is 0.457 e. The molecule has 0 spiro atoms. The van der Waals surface area contributed by atoms with E-state index in [0.29, 0.717) is 39.0 Å². The van der Waals surface area contributed by atoms with Crippen molar-refractivity contribution >= 4 is 17.6 Å². The summed E-state index contributed by atoms with van der Waals surface area (Å²) in [6.45, 7) is 0. The summed E-state index contributed by atoms with van der Waals surface area (Å²) in [6, 6.07) is 21.3. The summed E-state index contributed by atoms with van der Waals surface area (Å²) in [6.07, 6.45) is 0. The number of esters is 1. The topological polar surface area (TPSA) is 83.1 Å². The van der Waals surface area contributed by atoms with Crippen molar-refractivity contribution in [3.63, 3.8) is 0 Å². The van der Waals surface area contributed by atoms with Gasteiger partial charge in [-0.3, -0.25) is 0 Å². The zero-order valence-corrected chi connectivity index (χ0v) is 14.6. The molecule has 6 heteroatoms. The van der Waals surface area contributed by atoms with E-state index in [0.717, 1.165) is 0 Å². The second kappa shape index (κ2) is 8.05. The van der Waals surface area contributed by atoms with Crippen LogP contribution >= 0.6 is 11.6 Å². The molecule has 0 fully saturated rings. The van der Waals surface area contributed by atoms with Crippen LogP contribution in [0.3, 0.4) is 0 Å². The van der Waals surface area contributed by atoms with E-state index in [1.807, 2.05) is 12.1 Å². The molecule has 130 valence electrons. The molecule has 0 radical (unpaired) electrons. The zero-order chi connectivity index (χ0) is 19.2. The monoisotopic (exact) mass is 374 g/mol. The summed E-state index contributed by atoms with van der Waals surface area (Å²) in [5, 5.41) is 18.6. The van der Waals surface area contributed by atoms with Gasteiger partial charge in [0.2, 0.25) is 0 Å². The van der Waals surface area contributed by atoms with E-state index in [-0.39, 0.29) is 0 Å². The van der Waals surface area contributed by atoms with Gasteiger partial charge < -0.3 is 9.47 Å². The van der Waals surface area contributed by atoms with Gasteiger partial charge in [0.25, 0.3) is 0 Å². The number of benzene rings is 3. The van der Waals surface area contributed by atoms with E-state index in [1.165, 1.54) is 18.2 Å². The van der Waals surface area contributed by atoms with Crippen LogP contribution in [0, 0.1) is 22.7 Å². The smallest absolute Gasteiger partial charge is 0.343 e. The molecule has 3 aromatic carbocycles. The van der Waals surface area contributed by atoms with Gasteiger partial charge in [0.05, 0.1) is 28.8 Å². The molecule has 0 N–H and O–H groups in total. The number of hydrogen-bond acceptors (Lipinski definition) is 5. The van der Waals surface area contributed by atoms with E-state index in [9.17, 15) is 4.79 Å². The third-order valence-corrected chi connectivity index (χ3v) is 3.75. The van der Waals surface area contributed by atoms with Crippen LogP contribution in [-0.2, 0) is 0 Å². The standard InChI is InChI=1S/C21H11ClN2O3/c22-17-6-4-16(5-7-17)21(25)27-19-3-1-2-18(11-19)26-20-9-14(12-23)8-15(10-20)13-24/h1-11H. The van der Waals surface area contributed by atoms with Gasteiger partial charge in [-0.25, -0.2) is 4.79 Å². The minimum Gasteiger partial charge on any atom is -0.457 e. The highest BCUT2D eigenvalue weighted by Gasteiger charge is 2.10. The van der Waals surface area contributed by atoms with E-state index >= 15 is 0 Å². The Morgan fingerprint density at radius 3 is 2.07 bits per heavy atom. The van der Waals surface area contributed by atoms with E-state index in [1.54, 1.807) is 48.5 Å². The number of ether oxygens (including phenoxy) is 2. The molecule has 0 heterocycles. The quantitative estimate of drug-likeness (QED) is 0.469. The van der Waals surface area contributed by atoms with Gasteiger partial charge in [-0.1, -0.05) is 17.7 Å². The SMILES string of the molecule is N#Cc1cc(C#N)cc(Oc2cccc(OC(=O)c3ccc(Cl)cc3)c2)c1. The van der Waals surface area contributed by atoms with Gasteiger partial charge in [0.15, 0.2) is 0 Å². The van der Waals surface area contributed by atoms with Gasteiger partial charge in [-0.15, -0.1) is 0 Å². The molecule has 3 aromatic rings. The molecule has 0 unspecified atom stereocenters. The summed E-state index contributed by atoms with van der Waals surface area (Å²) in [7, 11) is 0. The lowest BCUT2D eigenvalue weighted by molar-refractivity contribution is 0.0734. The van der Waals surface area contributed by atoms with Crippen LogP contribution in [0.15, 0.2) is 66.7 Å². The lowest BCUT2D eigenvalue weighted by atomic mass is 10.1. The summed E-state index contributed by atoms with van der Waals surface area (Å²) in [4.78, 5) is 12.2. The minimum atomic E-state index is -0.526. The van der Waals surface area contributed by atoms with Crippen molar-refractivity contribution in [1.29, 1.82) is 10.5 Å². The number of carbonyl (C=O) groups excluding carboxylic acids is 1. The fourth-order valence-corrected chi connectivity index (χ4v) is 2.40. The maximum atomic E-state index is 12.2. The second-order valence-corrected chi connectivity index (χ2v) is 5.88. The summed E-state index contributed by atoms with van der Waals surface area (Å²) >= 11 is 5.81. The molecule has 3 rings (SSSR count). The van der Waals surface area contributed by atoms with E-state index < -0.39 is 5.97 Å². The molecule has 0 aromatic heterocycles. The molecular weight excluding hydrogens is 364 g/mol. The van der Waals surface area contributed by atoms with Crippen molar-refractivity contribution in [3.8, 4) is 29.4 Å². The van der Waals surface area contributed by atoms with Crippen LogP contribution in [0.5, 0.6) is 17.2 Å². The molecule has 0 saturated heterocycles. The van der Waals surface area contributed by atoms with Crippen LogP contribution in [-0.4, -0.2) is 5.97 Å². The Kier molecular flexibility index (Phi) is 5.37. The van der Waals surface area contributed by atoms with Gasteiger partial charge in [-0.2, -0.15) is 10.5 Å². The normalized spacial score (nSPS) is 9.74. The van der Waals surface area contributed by atoms with Crippen LogP contribution < -0.4 is 9.47 Å². The lowest BCUT2D eigenvalue weighted by Crippen LogP contribution is -2.08. The van der Waals surface area contributed by atoms with Crippen molar-refractivity contribution in [2.24, 2.45) is 0 Å². The molecule has 0 amide bonds. The fraction of sp³-hybridized carbons (Fsp3) is 0. The van der Waals surface area contributed by atoms with Crippen molar-refractivity contribution in [2.75, 3.05) is 0 Å². The molecule has 27 heavy (non-hydrogen) atoms. The highest BCUT2D eigenvalue weighted by Crippen LogP contribution is 2.27. The number of carbonyl (C=O) groups is 1. The summed E-state index contributed by atoms with van der Waals surface area (Å²) < 4.78 is 11.0. The fourth-order valence-electron chi connectivity index (χ4n) is 2.28. The average molecular weight is 375 g/mol. The van der Waals surface area contributed by atoms with Crippen molar-refractivity contribution < 1.29 is 14.3 Å². The molecule has 5 nitrogen and oxygen atoms in total. The number of hydrogen-bond donors (Lipinski definition) is 0. The molecule has 0 aliphatic rings. The Hall–Kier alpha value is -3.80. The zero-order valence-electron chi connectivity index (χ0n) is 13.8. The molecule has 0 atom stereocenters. The van der Waals surface area contributed by atoms with Crippen molar-refractivity contribution in [1.82, 2.24) is 0 Å². The Bertz CT molecular complexity index is 1050. The number of nitriles is 2. The summed E-state index contributed by atoms with van der Waals surface area (Å²) in [5.41, 5.74) is 0.995. The third kappa shape index (κ3) is 4.64. The highest BCUT2D eigenvalue weighted by atomic mass is 35.5. The Balaban J connectivity index is 1.78. The average Bonchev–Trinajstić information content (AvgIpc) is 2.68. The van der Waals surface area contributed by atoms with Gasteiger partial charge in [0.1, 0.15) is 17.2 Å². The van der Waals surface area contributed by atoms with Crippen LogP contribution in [0.4, 0.5) is 0 Å². The Labute approximate surface area is 160 Å². The lowest BCUT2D eigenvalue weighted by Gasteiger charge is -2.09. The number of halogens is 1.